The summed E-state index contributed by atoms with van der Waals surface area (Å²) >= 11 is 0. The molecule has 0 aromatic carbocycles. The Morgan fingerprint density at radius 2 is 2.00 bits per heavy atom. The molecule has 10 heteroatoms. The lowest BCUT2D eigenvalue weighted by atomic mass is 10.2. The van der Waals surface area contributed by atoms with Crippen molar-refractivity contribution < 1.29 is 4.42 Å². The van der Waals surface area contributed by atoms with E-state index in [2.05, 4.69) is 32.4 Å². The smallest absolute Gasteiger partial charge is 0.217 e. The highest BCUT2D eigenvalue weighted by Gasteiger charge is 2.34. The lowest BCUT2D eigenvalue weighted by Crippen LogP contribution is -2.45. The molecule has 1 unspecified atom stereocenters. The summed E-state index contributed by atoms with van der Waals surface area (Å²) in [4.78, 5) is 9.38. The van der Waals surface area contributed by atoms with Gasteiger partial charge >= 0.3 is 0 Å². The Bertz CT molecular complexity index is 933. The van der Waals surface area contributed by atoms with Crippen LogP contribution in [0.25, 0.3) is 23.0 Å². The third kappa shape index (κ3) is 2.22. The Kier molecular flexibility index (Phi) is 3.31. The quantitative estimate of drug-likeness (QED) is 0.686. The van der Waals surface area contributed by atoms with Crippen LogP contribution >= 0.6 is 0 Å². The van der Waals surface area contributed by atoms with Gasteiger partial charge in [0, 0.05) is 33.2 Å². The molecule has 2 aliphatic heterocycles. The molecule has 0 amide bonds. The molecule has 3 N–H and O–H groups in total. The van der Waals surface area contributed by atoms with Crippen LogP contribution in [0.2, 0.25) is 0 Å². The predicted molar refractivity (Wildman–Crippen MR) is 96.5 cm³/mol. The highest BCUT2D eigenvalue weighted by Crippen LogP contribution is 2.41. The summed E-state index contributed by atoms with van der Waals surface area (Å²) in [5, 5.41) is 12.4. The van der Waals surface area contributed by atoms with Crippen molar-refractivity contribution in [1.82, 2.24) is 29.4 Å². The van der Waals surface area contributed by atoms with Gasteiger partial charge in [-0.2, -0.15) is 5.10 Å². The summed E-state index contributed by atoms with van der Waals surface area (Å²) in [6, 6.07) is 3.66. The number of aryl methyl sites for hydroxylation is 1. The van der Waals surface area contributed by atoms with Crippen LogP contribution in [0, 0.1) is 0 Å². The van der Waals surface area contributed by atoms with E-state index in [0.717, 1.165) is 43.4 Å². The average molecular weight is 355 g/mol. The molecule has 0 spiro atoms. The lowest BCUT2D eigenvalue weighted by molar-refractivity contribution is 0.311. The van der Waals surface area contributed by atoms with Gasteiger partial charge in [-0.25, -0.2) is 14.3 Å². The topological polar surface area (TPSA) is 106 Å². The van der Waals surface area contributed by atoms with E-state index in [1.165, 1.54) is 0 Å². The first-order chi connectivity index (χ1) is 12.6. The summed E-state index contributed by atoms with van der Waals surface area (Å²) in [5.74, 6) is 3.61. The van der Waals surface area contributed by atoms with Crippen LogP contribution < -0.4 is 16.0 Å². The zero-order chi connectivity index (χ0) is 17.8. The number of furan rings is 1. The maximum absolute atomic E-state index is 6.23. The molecular formula is C16H21N9O. The second kappa shape index (κ2) is 5.58. The first kappa shape index (κ1) is 15.4. The van der Waals surface area contributed by atoms with Gasteiger partial charge in [0.05, 0.1) is 6.26 Å². The van der Waals surface area contributed by atoms with E-state index in [0.29, 0.717) is 17.4 Å². The van der Waals surface area contributed by atoms with E-state index in [-0.39, 0.29) is 0 Å². The van der Waals surface area contributed by atoms with Gasteiger partial charge < -0.3 is 19.5 Å². The molecule has 1 saturated heterocycles. The molecule has 5 rings (SSSR count). The largest absolute Gasteiger partial charge is 0.461 e. The van der Waals surface area contributed by atoms with Gasteiger partial charge in [0.1, 0.15) is 11.4 Å². The summed E-state index contributed by atoms with van der Waals surface area (Å²) in [6.07, 6.45) is 1.09. The highest BCUT2D eigenvalue weighted by atomic mass is 16.3. The van der Waals surface area contributed by atoms with Crippen molar-refractivity contribution in [2.24, 2.45) is 12.8 Å². The van der Waals surface area contributed by atoms with E-state index in [4.69, 9.17) is 15.1 Å². The van der Waals surface area contributed by atoms with Gasteiger partial charge in [0.25, 0.3) is 0 Å². The summed E-state index contributed by atoms with van der Waals surface area (Å²) < 4.78 is 9.04. The molecule has 5 heterocycles. The number of hydrogen-bond donors (Lipinski definition) is 2. The third-order valence-corrected chi connectivity index (χ3v) is 4.96. The van der Waals surface area contributed by atoms with Crippen molar-refractivity contribution in [3.8, 4) is 23.0 Å². The molecular weight excluding hydrogens is 334 g/mol. The number of nitrogens with zero attached hydrogens (tertiary/aromatic N) is 7. The van der Waals surface area contributed by atoms with Crippen molar-refractivity contribution in [3.05, 3.63) is 18.4 Å². The molecule has 0 bridgehead atoms. The minimum Gasteiger partial charge on any atom is -0.461 e. The Balaban J connectivity index is 1.63. The standard InChI is InChI=1S/C16H21N9O/c1-22-5-7-24(8-6-22)15-11-13(20-23(15)2)19-16(17)25-14(11)18-12(21-25)10-4-3-9-26-10/h3-4,9,16H,5-8,17H2,1-2H3,(H,19,20). The maximum atomic E-state index is 6.23. The van der Waals surface area contributed by atoms with Crippen LogP contribution in [0.3, 0.4) is 0 Å². The molecule has 26 heavy (non-hydrogen) atoms. The molecule has 2 aliphatic rings. The van der Waals surface area contributed by atoms with Gasteiger partial charge in [0.15, 0.2) is 23.7 Å². The van der Waals surface area contributed by atoms with Crippen LogP contribution in [-0.4, -0.2) is 62.7 Å². The lowest BCUT2D eigenvalue weighted by Gasteiger charge is -2.34. The fourth-order valence-corrected chi connectivity index (χ4v) is 3.60. The number of rotatable bonds is 2. The Morgan fingerprint density at radius 3 is 2.73 bits per heavy atom. The first-order valence-electron chi connectivity index (χ1n) is 8.65. The number of piperazine rings is 1. The molecule has 1 fully saturated rings. The summed E-state index contributed by atoms with van der Waals surface area (Å²) in [6.45, 7) is 3.90. The number of likely N-dealkylation sites (N-methyl/N-ethyl adjacent to an activating group) is 1. The molecule has 0 saturated carbocycles. The summed E-state index contributed by atoms with van der Waals surface area (Å²) in [7, 11) is 4.09. The first-order valence-corrected chi connectivity index (χ1v) is 8.65. The van der Waals surface area contributed by atoms with E-state index in [1.54, 1.807) is 10.9 Å². The Morgan fingerprint density at radius 1 is 1.19 bits per heavy atom. The van der Waals surface area contributed by atoms with E-state index < -0.39 is 6.29 Å². The van der Waals surface area contributed by atoms with E-state index in [1.807, 2.05) is 23.9 Å². The van der Waals surface area contributed by atoms with Crippen molar-refractivity contribution in [3.63, 3.8) is 0 Å². The molecule has 136 valence electrons. The SMILES string of the molecule is CN1CCN(c2c3c(nn2C)NC(N)n2nc(-c4ccco4)nc2-3)CC1. The number of nitrogens with two attached hydrogens (primary N) is 1. The Hall–Kier alpha value is -2.85. The fourth-order valence-electron chi connectivity index (χ4n) is 3.60. The van der Waals surface area contributed by atoms with Crippen molar-refractivity contribution in [1.29, 1.82) is 0 Å². The van der Waals surface area contributed by atoms with Gasteiger partial charge in [-0.1, -0.05) is 0 Å². The van der Waals surface area contributed by atoms with Crippen LogP contribution in [0.15, 0.2) is 22.8 Å². The average Bonchev–Trinajstić information content (AvgIpc) is 3.33. The zero-order valence-corrected chi connectivity index (χ0v) is 14.8. The van der Waals surface area contributed by atoms with E-state index >= 15 is 0 Å². The van der Waals surface area contributed by atoms with Crippen LogP contribution in [-0.2, 0) is 7.05 Å². The molecule has 3 aromatic heterocycles. The highest BCUT2D eigenvalue weighted by molar-refractivity contribution is 5.85. The number of anilines is 2. The minimum absolute atomic E-state index is 0.517. The molecule has 10 nitrogen and oxygen atoms in total. The third-order valence-electron chi connectivity index (χ3n) is 4.96. The Labute approximate surface area is 150 Å². The number of hydrogen-bond acceptors (Lipinski definition) is 8. The van der Waals surface area contributed by atoms with Crippen LogP contribution in [0.4, 0.5) is 11.6 Å². The van der Waals surface area contributed by atoms with Crippen LogP contribution in [0.1, 0.15) is 6.29 Å². The second-order valence-electron chi connectivity index (χ2n) is 6.73. The summed E-state index contributed by atoms with van der Waals surface area (Å²) in [5.41, 5.74) is 7.17. The van der Waals surface area contributed by atoms with E-state index in [9.17, 15) is 0 Å². The van der Waals surface area contributed by atoms with Crippen LogP contribution in [0.5, 0.6) is 0 Å². The van der Waals surface area contributed by atoms with Gasteiger partial charge in [-0.15, -0.1) is 5.10 Å². The predicted octanol–water partition coefficient (Wildman–Crippen LogP) is 0.531. The van der Waals surface area contributed by atoms with Crippen molar-refractivity contribution in [2.45, 2.75) is 6.29 Å². The zero-order valence-electron chi connectivity index (χ0n) is 14.8. The number of fused-ring (bicyclic) bond motifs is 3. The number of nitrogens with one attached hydrogen (secondary N) is 1. The van der Waals surface area contributed by atoms with Gasteiger partial charge in [-0.3, -0.25) is 5.73 Å². The molecule has 3 aromatic rings. The van der Waals surface area contributed by atoms with Gasteiger partial charge in [0.2, 0.25) is 5.82 Å². The van der Waals surface area contributed by atoms with Crippen molar-refractivity contribution in [2.75, 3.05) is 43.4 Å². The normalized spacial score (nSPS) is 20.0. The molecule has 0 aliphatic carbocycles. The fraction of sp³-hybridized carbons (Fsp3) is 0.438. The molecule has 1 atom stereocenters. The van der Waals surface area contributed by atoms with Gasteiger partial charge in [-0.05, 0) is 19.2 Å². The monoisotopic (exact) mass is 355 g/mol. The minimum atomic E-state index is -0.524. The molecule has 0 radical (unpaired) electrons. The second-order valence-corrected chi connectivity index (χ2v) is 6.73. The maximum Gasteiger partial charge on any atom is 0.217 e. The van der Waals surface area contributed by atoms with Crippen molar-refractivity contribution >= 4 is 11.6 Å². The number of aromatic nitrogens is 5.